The van der Waals surface area contributed by atoms with Gasteiger partial charge in [-0.2, -0.15) is 4.73 Å². The van der Waals surface area contributed by atoms with Crippen LogP contribution in [0.1, 0.15) is 84.1 Å². The third kappa shape index (κ3) is 7.60. The Morgan fingerprint density at radius 2 is 1.70 bits per heavy atom. The van der Waals surface area contributed by atoms with E-state index in [1.54, 1.807) is 22.9 Å². The van der Waals surface area contributed by atoms with Gasteiger partial charge >= 0.3 is 0 Å². The maximum Gasteiger partial charge on any atom is 0.246 e. The van der Waals surface area contributed by atoms with Crippen LogP contribution in [-0.2, 0) is 30.4 Å². The highest BCUT2D eigenvalue weighted by molar-refractivity contribution is 5.98. The van der Waals surface area contributed by atoms with Crippen molar-refractivity contribution in [1.29, 1.82) is 0 Å². The lowest BCUT2D eigenvalue weighted by molar-refractivity contribution is -0.144. The molecule has 2 aliphatic heterocycles. The van der Waals surface area contributed by atoms with E-state index in [-0.39, 0.29) is 29.9 Å². The molecule has 4 amide bonds. The van der Waals surface area contributed by atoms with E-state index in [0.717, 1.165) is 22.9 Å². The number of aromatic nitrogens is 1. The molecule has 240 valence electrons. The second-order valence-corrected chi connectivity index (χ2v) is 12.1. The Hall–Kier alpha value is -3.89. The Labute approximate surface area is 259 Å². The molecular weight excluding hydrogens is 562 g/mol. The maximum absolute atomic E-state index is 14.0. The van der Waals surface area contributed by atoms with Crippen molar-refractivity contribution in [1.82, 2.24) is 25.6 Å². The van der Waals surface area contributed by atoms with Crippen LogP contribution < -0.4 is 20.8 Å². The van der Waals surface area contributed by atoms with Crippen LogP contribution >= 0.6 is 0 Å². The van der Waals surface area contributed by atoms with Crippen LogP contribution in [-0.4, -0.2) is 76.9 Å². The summed E-state index contributed by atoms with van der Waals surface area (Å²) in [6.45, 7) is 6.12. The molecule has 2 saturated heterocycles. The minimum Gasteiger partial charge on any atom is -0.417 e. The summed E-state index contributed by atoms with van der Waals surface area (Å²) in [5, 5.41) is 9.69. The molecule has 11 heteroatoms. The standard InChI is InChI=1S/C33H47N5O6/c1-5-21(3)29-33(43)37-18-12-17-28(37)32(42)34-25(15-9-7-8-13-23(39)6-2)30(40)35-26(31(41)36-29)19-22-20-38(44-4)27-16-11-10-14-24(22)27/h10-11,14,16,20-21,25-26,28-29H,5-9,12-13,15,17-19H2,1-4H3,(H,34,42)(H,35,40)(H,36,41)/t21-,25-,26-,28+,29-/m0/s1. The predicted octanol–water partition coefficient (Wildman–Crippen LogP) is 2.68. The lowest BCUT2D eigenvalue weighted by atomic mass is 9.95. The molecule has 5 atom stereocenters. The van der Waals surface area contributed by atoms with Crippen molar-refractivity contribution in [2.75, 3.05) is 13.7 Å². The lowest BCUT2D eigenvalue weighted by Gasteiger charge is -2.34. The van der Waals surface area contributed by atoms with Crippen molar-refractivity contribution < 1.29 is 28.8 Å². The van der Waals surface area contributed by atoms with Crippen molar-refractivity contribution in [2.24, 2.45) is 5.92 Å². The molecular formula is C33H47N5O6. The summed E-state index contributed by atoms with van der Waals surface area (Å²) in [6.07, 6.45) is 7.18. The van der Waals surface area contributed by atoms with Gasteiger partial charge in [-0.3, -0.25) is 24.0 Å². The molecule has 0 radical (unpaired) electrons. The molecule has 4 rings (SSSR count). The van der Waals surface area contributed by atoms with Crippen LogP contribution in [0, 0.1) is 5.92 Å². The first-order chi connectivity index (χ1) is 21.2. The van der Waals surface area contributed by atoms with Gasteiger partial charge in [-0.25, -0.2) is 0 Å². The lowest BCUT2D eigenvalue weighted by Crippen LogP contribution is -2.62. The number of hydrogen-bond acceptors (Lipinski definition) is 6. The van der Waals surface area contributed by atoms with Gasteiger partial charge in [-0.1, -0.05) is 58.2 Å². The van der Waals surface area contributed by atoms with Crippen molar-refractivity contribution in [3.8, 4) is 0 Å². The molecule has 3 heterocycles. The van der Waals surface area contributed by atoms with Gasteiger partial charge in [-0.05, 0) is 43.2 Å². The van der Waals surface area contributed by atoms with Gasteiger partial charge in [0.25, 0.3) is 0 Å². The summed E-state index contributed by atoms with van der Waals surface area (Å²) in [6, 6.07) is 4.21. The summed E-state index contributed by atoms with van der Waals surface area (Å²) < 4.78 is 1.62. The van der Waals surface area contributed by atoms with Crippen LogP contribution in [0.3, 0.4) is 0 Å². The van der Waals surface area contributed by atoms with E-state index in [9.17, 15) is 24.0 Å². The number of ketones is 1. The number of Topliss-reactive ketones (excluding diaryl/α,β-unsaturated/α-hetero) is 1. The number of amides is 4. The summed E-state index contributed by atoms with van der Waals surface area (Å²) in [4.78, 5) is 74.0. The Balaban J connectivity index is 1.65. The van der Waals surface area contributed by atoms with E-state index in [1.807, 2.05) is 45.0 Å². The van der Waals surface area contributed by atoms with Crippen LogP contribution in [0.2, 0.25) is 0 Å². The molecule has 3 N–H and O–H groups in total. The van der Waals surface area contributed by atoms with E-state index < -0.39 is 36.0 Å². The zero-order valence-corrected chi connectivity index (χ0v) is 26.4. The number of hydrogen-bond donors (Lipinski definition) is 3. The molecule has 0 aliphatic carbocycles. The number of fused-ring (bicyclic) bond motifs is 2. The fraction of sp³-hybridized carbons (Fsp3) is 0.606. The molecule has 0 saturated carbocycles. The third-order valence-electron chi connectivity index (χ3n) is 9.11. The van der Waals surface area contributed by atoms with E-state index in [2.05, 4.69) is 16.0 Å². The molecule has 0 spiro atoms. The Bertz CT molecular complexity index is 1360. The van der Waals surface area contributed by atoms with Crippen molar-refractivity contribution in [3.05, 3.63) is 36.0 Å². The highest BCUT2D eigenvalue weighted by atomic mass is 16.6. The zero-order chi connectivity index (χ0) is 31.8. The molecule has 2 aromatic rings. The Morgan fingerprint density at radius 3 is 2.43 bits per heavy atom. The Morgan fingerprint density at radius 1 is 0.977 bits per heavy atom. The van der Waals surface area contributed by atoms with Gasteiger partial charge in [0.15, 0.2) is 0 Å². The first kappa shape index (κ1) is 33.0. The highest BCUT2D eigenvalue weighted by Gasteiger charge is 2.41. The molecule has 1 aromatic heterocycles. The normalized spacial score (nSPS) is 23.7. The number of carbonyl (C=O) groups is 5. The van der Waals surface area contributed by atoms with Crippen LogP contribution in [0.25, 0.3) is 10.9 Å². The van der Waals surface area contributed by atoms with Crippen LogP contribution in [0.15, 0.2) is 30.5 Å². The fourth-order valence-electron chi connectivity index (χ4n) is 6.21. The summed E-state index contributed by atoms with van der Waals surface area (Å²) in [5.41, 5.74) is 1.62. The second kappa shape index (κ2) is 15.2. The molecule has 0 bridgehead atoms. The number of para-hydroxylation sites is 1. The largest absolute Gasteiger partial charge is 0.417 e. The number of unbranched alkanes of at least 4 members (excludes halogenated alkanes) is 2. The first-order valence-electron chi connectivity index (χ1n) is 16.0. The van der Waals surface area contributed by atoms with E-state index in [1.165, 1.54) is 0 Å². The van der Waals surface area contributed by atoms with Gasteiger partial charge in [0.05, 0.1) is 5.52 Å². The number of nitrogens with zero attached hydrogens (tertiary/aromatic N) is 2. The van der Waals surface area contributed by atoms with Crippen molar-refractivity contribution in [3.63, 3.8) is 0 Å². The number of carbonyl (C=O) groups excluding carboxylic acids is 5. The van der Waals surface area contributed by atoms with Crippen molar-refractivity contribution in [2.45, 2.75) is 109 Å². The number of rotatable bonds is 12. The summed E-state index contributed by atoms with van der Waals surface area (Å²) in [5.74, 6) is -1.51. The molecule has 1 aromatic carbocycles. The predicted molar refractivity (Wildman–Crippen MR) is 167 cm³/mol. The van der Waals surface area contributed by atoms with E-state index in [4.69, 9.17) is 4.84 Å². The molecule has 11 nitrogen and oxygen atoms in total. The van der Waals surface area contributed by atoms with Gasteiger partial charge in [0.2, 0.25) is 23.6 Å². The van der Waals surface area contributed by atoms with Gasteiger partial charge in [-0.15, -0.1) is 0 Å². The molecule has 44 heavy (non-hydrogen) atoms. The van der Waals surface area contributed by atoms with Crippen LogP contribution in [0.4, 0.5) is 0 Å². The smallest absolute Gasteiger partial charge is 0.246 e. The van der Waals surface area contributed by atoms with E-state index >= 15 is 0 Å². The quantitative estimate of drug-likeness (QED) is 0.317. The Kier molecular flexibility index (Phi) is 11.4. The number of benzene rings is 1. The third-order valence-corrected chi connectivity index (χ3v) is 9.11. The SMILES string of the molecule is CCC(=O)CCCCC[C@@H]1NC(=O)[C@H]2CCCN2C(=O)[C@H]([C@@H](C)CC)NC(=O)[C@H](Cc2cn(OC)c3ccccc23)NC1=O. The topological polar surface area (TPSA) is 139 Å². The average Bonchev–Trinajstić information content (AvgIpc) is 3.66. The van der Waals surface area contributed by atoms with Crippen molar-refractivity contribution >= 4 is 40.3 Å². The molecule has 2 fully saturated rings. The zero-order valence-electron chi connectivity index (χ0n) is 26.4. The van der Waals surface area contributed by atoms with Crippen LogP contribution in [0.5, 0.6) is 0 Å². The monoisotopic (exact) mass is 609 g/mol. The molecule has 2 aliphatic rings. The second-order valence-electron chi connectivity index (χ2n) is 12.1. The van der Waals surface area contributed by atoms with Gasteiger partial charge in [0, 0.05) is 37.4 Å². The fourth-order valence-corrected chi connectivity index (χ4v) is 6.21. The van der Waals surface area contributed by atoms with Gasteiger partial charge in [0.1, 0.15) is 37.1 Å². The minimum absolute atomic E-state index is 0.155. The summed E-state index contributed by atoms with van der Waals surface area (Å²) in [7, 11) is 1.56. The maximum atomic E-state index is 14.0. The van der Waals surface area contributed by atoms with E-state index in [0.29, 0.717) is 57.9 Å². The highest BCUT2D eigenvalue weighted by Crippen LogP contribution is 2.24. The van der Waals surface area contributed by atoms with Gasteiger partial charge < -0.3 is 25.7 Å². The molecule has 0 unspecified atom stereocenters. The first-order valence-corrected chi connectivity index (χ1v) is 16.0. The average molecular weight is 610 g/mol. The minimum atomic E-state index is -1.01. The number of nitrogens with one attached hydrogen (secondary N) is 3. The summed E-state index contributed by atoms with van der Waals surface area (Å²) >= 11 is 0.